The summed E-state index contributed by atoms with van der Waals surface area (Å²) in [5.74, 6) is 1.05. The SMILES string of the molecule is Cc1ccc(OC[C@@H]2CN(Cc3ccc(F)cc3)CC[C@H]2c2ccc(F)cc2)cc1. The number of piperidine rings is 1. The van der Waals surface area contributed by atoms with Crippen molar-refractivity contribution >= 4 is 0 Å². The van der Waals surface area contributed by atoms with Gasteiger partial charge in [-0.1, -0.05) is 42.0 Å². The van der Waals surface area contributed by atoms with Crippen LogP contribution in [0.2, 0.25) is 0 Å². The van der Waals surface area contributed by atoms with Gasteiger partial charge < -0.3 is 4.74 Å². The van der Waals surface area contributed by atoms with Crippen LogP contribution in [0.1, 0.15) is 29.0 Å². The summed E-state index contributed by atoms with van der Waals surface area (Å²) in [6, 6.07) is 21.7. The number of halogens is 2. The van der Waals surface area contributed by atoms with Crippen LogP contribution in [0, 0.1) is 24.5 Å². The van der Waals surface area contributed by atoms with E-state index in [9.17, 15) is 8.78 Å². The van der Waals surface area contributed by atoms with Crippen molar-refractivity contribution in [3.8, 4) is 5.75 Å². The lowest BCUT2D eigenvalue weighted by molar-refractivity contribution is 0.106. The summed E-state index contributed by atoms with van der Waals surface area (Å²) in [4.78, 5) is 2.40. The Labute approximate surface area is 177 Å². The third-order valence-electron chi connectivity index (χ3n) is 5.92. The van der Waals surface area contributed by atoms with Gasteiger partial charge in [0.2, 0.25) is 0 Å². The van der Waals surface area contributed by atoms with Gasteiger partial charge in [-0.2, -0.15) is 0 Å². The lowest BCUT2D eigenvalue weighted by Gasteiger charge is -2.39. The zero-order valence-corrected chi connectivity index (χ0v) is 17.2. The number of aryl methyl sites for hydroxylation is 1. The maximum Gasteiger partial charge on any atom is 0.123 e. The first-order valence-corrected chi connectivity index (χ1v) is 10.5. The van der Waals surface area contributed by atoms with Crippen LogP contribution >= 0.6 is 0 Å². The monoisotopic (exact) mass is 407 g/mol. The zero-order chi connectivity index (χ0) is 20.9. The minimum Gasteiger partial charge on any atom is -0.493 e. The first-order chi connectivity index (χ1) is 14.6. The van der Waals surface area contributed by atoms with E-state index < -0.39 is 0 Å². The molecule has 0 N–H and O–H groups in total. The number of rotatable bonds is 6. The zero-order valence-electron chi connectivity index (χ0n) is 17.2. The maximum atomic E-state index is 13.4. The molecule has 1 heterocycles. The van der Waals surface area contributed by atoms with Crippen LogP contribution < -0.4 is 4.74 Å². The predicted molar refractivity (Wildman–Crippen MR) is 116 cm³/mol. The Morgan fingerprint density at radius 2 is 1.50 bits per heavy atom. The quantitative estimate of drug-likeness (QED) is 0.500. The van der Waals surface area contributed by atoms with Gasteiger partial charge in [0.15, 0.2) is 0 Å². The molecule has 1 aliphatic heterocycles. The maximum absolute atomic E-state index is 13.4. The molecule has 4 rings (SSSR count). The molecule has 3 aromatic rings. The molecule has 2 nitrogen and oxygen atoms in total. The number of hydrogen-bond acceptors (Lipinski definition) is 2. The van der Waals surface area contributed by atoms with E-state index in [2.05, 4.69) is 24.0 Å². The Morgan fingerprint density at radius 3 is 2.17 bits per heavy atom. The van der Waals surface area contributed by atoms with Crippen molar-refractivity contribution in [3.05, 3.63) is 101 Å². The average Bonchev–Trinajstić information content (AvgIpc) is 2.76. The largest absolute Gasteiger partial charge is 0.493 e. The summed E-state index contributed by atoms with van der Waals surface area (Å²) in [6.07, 6.45) is 0.981. The van der Waals surface area contributed by atoms with Gasteiger partial charge in [-0.05, 0) is 73.3 Å². The second-order valence-corrected chi connectivity index (χ2v) is 8.19. The molecule has 0 unspecified atom stereocenters. The molecule has 0 saturated carbocycles. The van der Waals surface area contributed by atoms with Crippen molar-refractivity contribution in [2.45, 2.75) is 25.8 Å². The van der Waals surface area contributed by atoms with E-state index >= 15 is 0 Å². The number of ether oxygens (including phenoxy) is 1. The topological polar surface area (TPSA) is 12.5 Å². The third-order valence-corrected chi connectivity index (χ3v) is 5.92. The van der Waals surface area contributed by atoms with Gasteiger partial charge >= 0.3 is 0 Å². The third kappa shape index (κ3) is 5.25. The summed E-state index contributed by atoms with van der Waals surface area (Å²) >= 11 is 0. The highest BCUT2D eigenvalue weighted by Crippen LogP contribution is 2.34. The van der Waals surface area contributed by atoms with E-state index in [1.54, 1.807) is 0 Å². The molecule has 0 amide bonds. The van der Waals surface area contributed by atoms with Crippen LogP contribution in [0.3, 0.4) is 0 Å². The van der Waals surface area contributed by atoms with Crippen molar-refractivity contribution in [1.29, 1.82) is 0 Å². The molecule has 1 saturated heterocycles. The van der Waals surface area contributed by atoms with E-state index in [1.165, 1.54) is 29.8 Å². The minimum absolute atomic E-state index is 0.208. The van der Waals surface area contributed by atoms with Gasteiger partial charge in [0, 0.05) is 19.0 Å². The molecule has 0 radical (unpaired) electrons. The highest BCUT2D eigenvalue weighted by molar-refractivity contribution is 5.27. The van der Waals surface area contributed by atoms with Gasteiger partial charge in [0.25, 0.3) is 0 Å². The Kier molecular flexibility index (Phi) is 6.44. The highest BCUT2D eigenvalue weighted by Gasteiger charge is 2.31. The van der Waals surface area contributed by atoms with Crippen LogP contribution in [-0.2, 0) is 6.54 Å². The van der Waals surface area contributed by atoms with Crippen LogP contribution in [0.25, 0.3) is 0 Å². The fraction of sp³-hybridized carbons (Fsp3) is 0.308. The Morgan fingerprint density at radius 1 is 0.867 bits per heavy atom. The molecule has 0 spiro atoms. The van der Waals surface area contributed by atoms with Gasteiger partial charge in [0.1, 0.15) is 17.4 Å². The van der Waals surface area contributed by atoms with E-state index in [0.29, 0.717) is 12.5 Å². The van der Waals surface area contributed by atoms with Crippen molar-refractivity contribution in [1.82, 2.24) is 4.90 Å². The lowest BCUT2D eigenvalue weighted by Crippen LogP contribution is -2.41. The molecular weight excluding hydrogens is 380 g/mol. The van der Waals surface area contributed by atoms with Crippen LogP contribution in [0.5, 0.6) is 5.75 Å². The molecular formula is C26H27F2NO. The first-order valence-electron chi connectivity index (χ1n) is 10.5. The summed E-state index contributed by atoms with van der Waals surface area (Å²) in [7, 11) is 0. The number of nitrogens with zero attached hydrogens (tertiary/aromatic N) is 1. The lowest BCUT2D eigenvalue weighted by atomic mass is 9.80. The summed E-state index contributed by atoms with van der Waals surface area (Å²) < 4.78 is 32.8. The molecule has 4 heteroatoms. The van der Waals surface area contributed by atoms with Gasteiger partial charge in [-0.3, -0.25) is 4.90 Å². The smallest absolute Gasteiger partial charge is 0.123 e. The second-order valence-electron chi connectivity index (χ2n) is 8.19. The summed E-state index contributed by atoms with van der Waals surface area (Å²) in [6.45, 7) is 5.27. The molecule has 30 heavy (non-hydrogen) atoms. The molecule has 1 aliphatic rings. The molecule has 0 bridgehead atoms. The molecule has 2 atom stereocenters. The van der Waals surface area contributed by atoms with Crippen molar-refractivity contribution in [2.24, 2.45) is 5.92 Å². The molecule has 0 aromatic heterocycles. The molecule has 1 fully saturated rings. The molecule has 3 aromatic carbocycles. The van der Waals surface area contributed by atoms with Crippen LogP contribution in [0.15, 0.2) is 72.8 Å². The van der Waals surface area contributed by atoms with Gasteiger partial charge in [-0.15, -0.1) is 0 Å². The van der Waals surface area contributed by atoms with Crippen molar-refractivity contribution in [2.75, 3.05) is 19.7 Å². The van der Waals surface area contributed by atoms with Crippen molar-refractivity contribution < 1.29 is 13.5 Å². The number of benzene rings is 3. The van der Waals surface area contributed by atoms with Crippen LogP contribution in [-0.4, -0.2) is 24.6 Å². The normalized spacial score (nSPS) is 19.6. The number of hydrogen-bond donors (Lipinski definition) is 0. The van der Waals surface area contributed by atoms with E-state index in [0.717, 1.165) is 42.9 Å². The predicted octanol–water partition coefficient (Wildman–Crippen LogP) is 5.96. The van der Waals surface area contributed by atoms with Crippen molar-refractivity contribution in [3.63, 3.8) is 0 Å². The Hall–Kier alpha value is -2.72. The Balaban J connectivity index is 1.47. The fourth-order valence-corrected chi connectivity index (χ4v) is 4.25. The van der Waals surface area contributed by atoms with E-state index in [-0.39, 0.29) is 17.6 Å². The average molecular weight is 408 g/mol. The van der Waals surface area contributed by atoms with Crippen LogP contribution in [0.4, 0.5) is 8.78 Å². The molecule has 0 aliphatic carbocycles. The Bertz CT molecular complexity index is 938. The van der Waals surface area contributed by atoms with E-state index in [4.69, 9.17) is 4.74 Å². The molecule has 156 valence electrons. The highest BCUT2D eigenvalue weighted by atomic mass is 19.1. The van der Waals surface area contributed by atoms with Gasteiger partial charge in [-0.25, -0.2) is 8.78 Å². The summed E-state index contributed by atoms with van der Waals surface area (Å²) in [5.41, 5.74) is 3.47. The second kappa shape index (κ2) is 9.40. The summed E-state index contributed by atoms with van der Waals surface area (Å²) in [5, 5.41) is 0. The number of likely N-dealkylation sites (tertiary alicyclic amines) is 1. The standard InChI is InChI=1S/C26H27F2NO/c1-19-2-12-25(13-3-19)30-18-22-17-29(16-20-4-8-23(27)9-5-20)15-14-26(22)21-6-10-24(28)11-7-21/h2-13,22,26H,14-18H2,1H3/t22-,26-/m0/s1. The van der Waals surface area contributed by atoms with E-state index in [1.807, 2.05) is 36.4 Å². The first kappa shape index (κ1) is 20.5. The van der Waals surface area contributed by atoms with Gasteiger partial charge in [0.05, 0.1) is 6.61 Å². The minimum atomic E-state index is -0.210. The fourth-order valence-electron chi connectivity index (χ4n) is 4.25.